The lowest BCUT2D eigenvalue weighted by atomic mass is 9.69. The summed E-state index contributed by atoms with van der Waals surface area (Å²) in [5.74, 6) is 0.213. The summed E-state index contributed by atoms with van der Waals surface area (Å²) in [7, 11) is 0. The lowest BCUT2D eigenvalue weighted by Crippen LogP contribution is -2.61. The fraction of sp³-hybridized carbons (Fsp3) is 0.438. The summed E-state index contributed by atoms with van der Waals surface area (Å²) in [5, 5.41) is 8.59. The molecule has 0 unspecified atom stereocenters. The van der Waals surface area contributed by atoms with Crippen LogP contribution in [0.3, 0.4) is 0 Å². The van der Waals surface area contributed by atoms with Gasteiger partial charge in [0.05, 0.1) is 16.6 Å². The number of carbonyl (C=O) groups excluding carboxylic acids is 2. The number of hydrogen-bond donors (Lipinski definition) is 2. The Morgan fingerprint density at radius 2 is 1.82 bits per heavy atom. The first-order valence-electron chi connectivity index (χ1n) is 15.2. The molecule has 0 aromatic carbocycles. The van der Waals surface area contributed by atoms with E-state index < -0.39 is 17.6 Å². The summed E-state index contributed by atoms with van der Waals surface area (Å²) >= 11 is 0. The average molecular weight is 604 g/mol. The highest BCUT2D eigenvalue weighted by Crippen LogP contribution is 2.39. The molecular weight excluding hydrogens is 571 g/mol. The van der Waals surface area contributed by atoms with E-state index in [4.69, 9.17) is 4.98 Å². The maximum Gasteiger partial charge on any atom is 0.471 e. The first kappa shape index (κ1) is 28.4. The average Bonchev–Trinajstić information content (AvgIpc) is 3.26. The van der Waals surface area contributed by atoms with Gasteiger partial charge in [-0.3, -0.25) is 20.0 Å². The van der Waals surface area contributed by atoms with E-state index in [9.17, 15) is 22.8 Å². The smallest absolute Gasteiger partial charge is 0.338 e. The van der Waals surface area contributed by atoms with E-state index in [1.54, 1.807) is 24.5 Å². The van der Waals surface area contributed by atoms with Crippen molar-refractivity contribution in [2.75, 3.05) is 6.54 Å². The summed E-state index contributed by atoms with van der Waals surface area (Å²) in [6.07, 6.45) is 11.5. The number of hydrogen-bond acceptors (Lipinski definition) is 8. The number of rotatable bonds is 4. The number of alkyl halides is 3. The molecule has 44 heavy (non-hydrogen) atoms. The molecule has 3 aliphatic carbocycles. The Bertz CT molecular complexity index is 1730. The van der Waals surface area contributed by atoms with Crippen molar-refractivity contribution < 1.29 is 22.8 Å². The van der Waals surface area contributed by atoms with Crippen molar-refractivity contribution in [2.45, 2.75) is 81.8 Å². The molecule has 2 aromatic heterocycles. The summed E-state index contributed by atoms with van der Waals surface area (Å²) in [6, 6.07) is 4.02. The van der Waals surface area contributed by atoms with Gasteiger partial charge in [0.2, 0.25) is 0 Å². The highest BCUT2D eigenvalue weighted by Gasteiger charge is 2.51. The molecule has 1 amide bonds. The van der Waals surface area contributed by atoms with Crippen LogP contribution in [0.4, 0.5) is 13.2 Å². The van der Waals surface area contributed by atoms with Gasteiger partial charge in [-0.05, 0) is 54.0 Å². The van der Waals surface area contributed by atoms with Crippen LogP contribution in [-0.2, 0) is 16.0 Å². The summed E-state index contributed by atoms with van der Waals surface area (Å²) in [6.45, 7) is 0.659. The monoisotopic (exact) mass is 603 g/mol. The Morgan fingerprint density at radius 1 is 1.07 bits per heavy atom. The minimum absolute atomic E-state index is 0.148. The third-order valence-electron chi connectivity index (χ3n) is 9.28. The lowest BCUT2D eigenvalue weighted by molar-refractivity contribution is -0.176. The predicted molar refractivity (Wildman–Crippen MR) is 156 cm³/mol. The van der Waals surface area contributed by atoms with Crippen molar-refractivity contribution >= 4 is 28.9 Å². The zero-order chi connectivity index (χ0) is 30.5. The SMILES string of the molecule is O=C1CC(NC(=O)C(F)(F)F)(C2=CCC(=c3nc4c(cc3C3CCCCCC3)=C3NN=C(c5ncccn5)N3CC4)C=C2)C1. The Kier molecular flexibility index (Phi) is 7.09. The number of Topliss-reactive ketones (excluding diaryl/α,β-unsaturated/α-hetero) is 1. The van der Waals surface area contributed by atoms with Crippen LogP contribution >= 0.6 is 0 Å². The number of carbonyl (C=O) groups is 2. The van der Waals surface area contributed by atoms with Gasteiger partial charge in [-0.25, -0.2) is 9.97 Å². The molecule has 0 bridgehead atoms. The third-order valence-corrected chi connectivity index (χ3v) is 9.28. The van der Waals surface area contributed by atoms with Crippen LogP contribution in [0, 0.1) is 0 Å². The molecule has 5 aliphatic rings. The lowest BCUT2D eigenvalue weighted by Gasteiger charge is -2.43. The Labute approximate surface area is 251 Å². The molecule has 9 nitrogen and oxygen atoms in total. The second-order valence-electron chi connectivity index (χ2n) is 12.1. The van der Waals surface area contributed by atoms with E-state index in [1.165, 1.54) is 18.4 Å². The number of ketones is 1. The van der Waals surface area contributed by atoms with Crippen molar-refractivity contribution in [1.82, 2.24) is 30.6 Å². The molecule has 2 N–H and O–H groups in total. The van der Waals surface area contributed by atoms with Crippen molar-refractivity contribution in [3.8, 4) is 0 Å². The summed E-state index contributed by atoms with van der Waals surface area (Å²) in [4.78, 5) is 39.9. The predicted octanol–water partition coefficient (Wildman–Crippen LogP) is 3.02. The van der Waals surface area contributed by atoms with Gasteiger partial charge in [0.25, 0.3) is 0 Å². The zero-order valence-corrected chi connectivity index (χ0v) is 24.1. The maximum atomic E-state index is 13.1. The summed E-state index contributed by atoms with van der Waals surface area (Å²) in [5.41, 5.74) is 5.51. The van der Waals surface area contributed by atoms with Gasteiger partial charge in [0.15, 0.2) is 11.7 Å². The van der Waals surface area contributed by atoms with E-state index in [0.717, 1.165) is 53.3 Å². The highest BCUT2D eigenvalue weighted by molar-refractivity contribution is 6.01. The molecule has 0 radical (unpaired) electrons. The van der Waals surface area contributed by atoms with Crippen LogP contribution in [0.5, 0.6) is 0 Å². The van der Waals surface area contributed by atoms with Gasteiger partial charge in [-0.2, -0.15) is 18.3 Å². The first-order chi connectivity index (χ1) is 21.2. The van der Waals surface area contributed by atoms with Gasteiger partial charge in [-0.1, -0.05) is 43.9 Å². The normalized spacial score (nSPS) is 22.7. The van der Waals surface area contributed by atoms with Crippen LogP contribution in [0.1, 0.15) is 80.8 Å². The van der Waals surface area contributed by atoms with Gasteiger partial charge in [0, 0.05) is 43.4 Å². The van der Waals surface area contributed by atoms with Crippen molar-refractivity contribution in [1.29, 1.82) is 0 Å². The molecular formula is C32H32F3N7O2. The van der Waals surface area contributed by atoms with Crippen LogP contribution in [0.15, 0.2) is 53.4 Å². The molecule has 2 aliphatic heterocycles. The molecule has 2 fully saturated rings. The molecule has 12 heteroatoms. The number of amides is 1. The quantitative estimate of drug-likeness (QED) is 0.517. The van der Waals surface area contributed by atoms with Crippen LogP contribution in [0.2, 0.25) is 0 Å². The standard InChI is InChI=1S/C32H32F3N7O2/c33-32(34,35)30(44)39-31(17-22(43)18-31)21-10-8-20(9-11-21)26-23(19-6-3-1-2-4-7-19)16-24-25(38-26)12-15-42-28(24)40-41-29(42)27-36-13-5-14-37-27/h5,8,10-11,13-14,16,19,40H,1-4,6-7,9,12,15,17-18H2,(H,39,44). The van der Waals surface area contributed by atoms with E-state index in [-0.39, 0.29) is 18.6 Å². The number of aromatic nitrogens is 3. The second-order valence-corrected chi connectivity index (χ2v) is 12.1. The van der Waals surface area contributed by atoms with Gasteiger partial charge < -0.3 is 10.2 Å². The first-order valence-corrected chi connectivity index (χ1v) is 15.2. The van der Waals surface area contributed by atoms with E-state index in [1.807, 2.05) is 12.2 Å². The Balaban J connectivity index is 1.28. The van der Waals surface area contributed by atoms with Gasteiger partial charge in [-0.15, -0.1) is 0 Å². The molecule has 4 heterocycles. The highest BCUT2D eigenvalue weighted by atomic mass is 19.4. The number of pyridine rings is 1. The number of nitrogens with zero attached hydrogens (tertiary/aromatic N) is 5. The van der Waals surface area contributed by atoms with Crippen molar-refractivity contribution in [2.24, 2.45) is 5.10 Å². The number of halogens is 3. The largest absolute Gasteiger partial charge is 0.471 e. The van der Waals surface area contributed by atoms with Crippen molar-refractivity contribution in [3.05, 3.63) is 76.0 Å². The minimum Gasteiger partial charge on any atom is -0.338 e. The molecule has 2 saturated carbocycles. The topological polar surface area (TPSA) is 112 Å². The van der Waals surface area contributed by atoms with Crippen LogP contribution < -0.4 is 21.3 Å². The number of amidine groups is 1. The number of fused-ring (bicyclic) bond motifs is 2. The Hall–Kier alpha value is -4.35. The van der Waals surface area contributed by atoms with E-state index in [0.29, 0.717) is 42.5 Å². The molecule has 0 atom stereocenters. The Morgan fingerprint density at radius 3 is 2.48 bits per heavy atom. The number of nitrogens with one attached hydrogen (secondary N) is 2. The fourth-order valence-electron chi connectivity index (χ4n) is 7.03. The minimum atomic E-state index is -5.02. The van der Waals surface area contributed by atoms with Crippen LogP contribution in [-0.4, -0.2) is 55.6 Å². The molecule has 0 saturated heterocycles. The van der Waals surface area contributed by atoms with Crippen molar-refractivity contribution in [3.63, 3.8) is 0 Å². The van der Waals surface area contributed by atoms with Crippen LogP contribution in [0.25, 0.3) is 11.4 Å². The van der Waals surface area contributed by atoms with Gasteiger partial charge >= 0.3 is 12.1 Å². The maximum absolute atomic E-state index is 13.1. The van der Waals surface area contributed by atoms with E-state index in [2.05, 4.69) is 36.8 Å². The molecule has 0 spiro atoms. The fourth-order valence-corrected chi connectivity index (χ4v) is 7.03. The van der Waals surface area contributed by atoms with Gasteiger partial charge in [0.1, 0.15) is 11.6 Å². The molecule has 228 valence electrons. The molecule has 7 rings (SSSR count). The summed E-state index contributed by atoms with van der Waals surface area (Å²) < 4.78 is 39.3. The van der Waals surface area contributed by atoms with E-state index >= 15 is 0 Å². The zero-order valence-electron chi connectivity index (χ0n) is 24.1. The third kappa shape index (κ3) is 5.09. The number of allylic oxidation sites excluding steroid dienone is 2. The second kappa shape index (κ2) is 11.0. The molecule has 2 aromatic rings. The number of hydrazone groups is 1.